The van der Waals surface area contributed by atoms with E-state index in [1.807, 2.05) is 6.92 Å². The Hall–Kier alpha value is -1.43. The van der Waals surface area contributed by atoms with Crippen molar-refractivity contribution in [1.82, 2.24) is 4.90 Å². The fourth-order valence-corrected chi connectivity index (χ4v) is 1.78. The van der Waals surface area contributed by atoms with Crippen molar-refractivity contribution >= 4 is 17.7 Å². The summed E-state index contributed by atoms with van der Waals surface area (Å²) in [7, 11) is 0. The smallest absolute Gasteiger partial charge is 0.320 e. The number of aliphatic carboxylic acids is 2. The Kier molecular flexibility index (Phi) is 7.19. The van der Waals surface area contributed by atoms with Gasteiger partial charge in [-0.1, -0.05) is 13.3 Å². The number of carbonyl (C=O) groups excluding carboxylic acids is 1. The first-order chi connectivity index (χ1) is 8.31. The monoisotopic (exact) mass is 259 g/mol. The van der Waals surface area contributed by atoms with E-state index in [1.54, 1.807) is 6.92 Å². The first-order valence-corrected chi connectivity index (χ1v) is 6.02. The molecule has 0 aliphatic rings. The van der Waals surface area contributed by atoms with E-state index >= 15 is 0 Å². The van der Waals surface area contributed by atoms with Crippen LogP contribution in [-0.4, -0.2) is 51.5 Å². The minimum atomic E-state index is -1.02. The maximum Gasteiger partial charge on any atom is 0.320 e. The molecule has 0 saturated heterocycles. The van der Waals surface area contributed by atoms with E-state index in [2.05, 4.69) is 0 Å². The predicted molar refractivity (Wildman–Crippen MR) is 65.4 cm³/mol. The minimum absolute atomic E-state index is 0.0625. The van der Waals surface area contributed by atoms with Gasteiger partial charge in [0.25, 0.3) is 0 Å². The van der Waals surface area contributed by atoms with Crippen LogP contribution in [0.15, 0.2) is 0 Å². The van der Waals surface area contributed by atoms with E-state index in [-0.39, 0.29) is 18.7 Å². The lowest BCUT2D eigenvalue weighted by molar-refractivity contribution is -0.147. The second-order valence-electron chi connectivity index (χ2n) is 4.31. The number of hydrogen-bond donors (Lipinski definition) is 2. The van der Waals surface area contributed by atoms with Crippen LogP contribution in [0.2, 0.25) is 0 Å². The van der Waals surface area contributed by atoms with Crippen molar-refractivity contribution in [3.8, 4) is 0 Å². The van der Waals surface area contributed by atoms with Crippen molar-refractivity contribution < 1.29 is 24.6 Å². The summed E-state index contributed by atoms with van der Waals surface area (Å²) in [6.07, 6.45) is 0.878. The Labute approximate surface area is 107 Å². The van der Waals surface area contributed by atoms with E-state index in [0.717, 1.165) is 0 Å². The summed E-state index contributed by atoms with van der Waals surface area (Å²) in [4.78, 5) is 34.6. The molecule has 0 fully saturated rings. The summed E-state index contributed by atoms with van der Waals surface area (Å²) in [5.41, 5.74) is 0. The molecular weight excluding hydrogens is 238 g/mol. The lowest BCUT2D eigenvalue weighted by Crippen LogP contribution is -2.49. The molecular formula is C12H21NO5. The lowest BCUT2D eigenvalue weighted by Gasteiger charge is -2.32. The number of rotatable bonds is 9. The number of hydrogen-bond acceptors (Lipinski definition) is 4. The highest BCUT2D eigenvalue weighted by Crippen LogP contribution is 2.13. The summed E-state index contributed by atoms with van der Waals surface area (Å²) in [6, 6.07) is -1.40. The quantitative estimate of drug-likeness (QED) is 0.641. The van der Waals surface area contributed by atoms with Crippen molar-refractivity contribution in [2.75, 3.05) is 6.54 Å². The number of nitrogens with zero attached hydrogens (tertiary/aromatic N) is 1. The van der Waals surface area contributed by atoms with Crippen molar-refractivity contribution in [3.63, 3.8) is 0 Å². The number of Topliss-reactive ketones (excluding diaryl/α,β-unsaturated/α-hetero) is 1. The largest absolute Gasteiger partial charge is 0.481 e. The highest BCUT2D eigenvalue weighted by molar-refractivity contribution is 5.82. The molecule has 0 aromatic heterocycles. The molecule has 2 atom stereocenters. The van der Waals surface area contributed by atoms with Gasteiger partial charge in [-0.3, -0.25) is 19.3 Å². The van der Waals surface area contributed by atoms with Crippen molar-refractivity contribution in [3.05, 3.63) is 0 Å². The first kappa shape index (κ1) is 16.6. The topological polar surface area (TPSA) is 94.9 Å². The third-order valence-electron chi connectivity index (χ3n) is 2.92. The molecule has 2 unspecified atom stereocenters. The van der Waals surface area contributed by atoms with E-state index < -0.39 is 24.0 Å². The molecule has 0 amide bonds. The van der Waals surface area contributed by atoms with Crippen LogP contribution in [0.1, 0.15) is 40.0 Å². The SMILES string of the molecule is CCCC(C(=O)O)N(CCC(=O)O)C(C)C(C)=O. The van der Waals surface area contributed by atoms with E-state index in [0.29, 0.717) is 12.8 Å². The van der Waals surface area contributed by atoms with Crippen LogP contribution >= 0.6 is 0 Å². The second-order valence-corrected chi connectivity index (χ2v) is 4.31. The highest BCUT2D eigenvalue weighted by atomic mass is 16.4. The van der Waals surface area contributed by atoms with Gasteiger partial charge in [0.1, 0.15) is 11.8 Å². The normalized spacial score (nSPS) is 14.2. The zero-order chi connectivity index (χ0) is 14.3. The Morgan fingerprint density at radius 1 is 1.22 bits per heavy atom. The standard InChI is InChI=1S/C12H21NO5/c1-4-5-10(12(17)18)13(7-6-11(15)16)8(2)9(3)14/h8,10H,4-7H2,1-3H3,(H,15,16)(H,17,18). The molecule has 2 N–H and O–H groups in total. The molecule has 6 nitrogen and oxygen atoms in total. The van der Waals surface area contributed by atoms with Crippen LogP contribution in [0.4, 0.5) is 0 Å². The molecule has 0 aromatic rings. The number of carbonyl (C=O) groups is 3. The fraction of sp³-hybridized carbons (Fsp3) is 0.750. The van der Waals surface area contributed by atoms with Crippen LogP contribution in [0.25, 0.3) is 0 Å². The van der Waals surface area contributed by atoms with Crippen molar-refractivity contribution in [1.29, 1.82) is 0 Å². The van der Waals surface area contributed by atoms with Gasteiger partial charge in [-0.25, -0.2) is 0 Å². The zero-order valence-electron chi connectivity index (χ0n) is 11.0. The molecule has 0 aromatic carbocycles. The van der Waals surface area contributed by atoms with Crippen LogP contribution in [0.3, 0.4) is 0 Å². The second kappa shape index (κ2) is 7.81. The number of ketones is 1. The van der Waals surface area contributed by atoms with Crippen LogP contribution in [0.5, 0.6) is 0 Å². The van der Waals surface area contributed by atoms with Crippen LogP contribution in [0, 0.1) is 0 Å². The van der Waals surface area contributed by atoms with Crippen LogP contribution in [-0.2, 0) is 14.4 Å². The van der Waals surface area contributed by atoms with Gasteiger partial charge in [-0.15, -0.1) is 0 Å². The summed E-state index contributed by atoms with van der Waals surface area (Å²) in [6.45, 7) is 4.90. The maximum absolute atomic E-state index is 11.4. The molecule has 0 saturated carbocycles. The molecule has 0 spiro atoms. The first-order valence-electron chi connectivity index (χ1n) is 6.02. The maximum atomic E-state index is 11.4. The summed E-state index contributed by atoms with van der Waals surface area (Å²) in [5, 5.41) is 17.8. The molecule has 104 valence electrons. The Balaban J connectivity index is 4.95. The molecule has 6 heteroatoms. The summed E-state index contributed by atoms with van der Waals surface area (Å²) < 4.78 is 0. The van der Waals surface area contributed by atoms with Crippen LogP contribution < -0.4 is 0 Å². The Bertz CT molecular complexity index is 316. The molecule has 0 heterocycles. The molecule has 0 bridgehead atoms. The van der Waals surface area contributed by atoms with E-state index in [9.17, 15) is 19.5 Å². The van der Waals surface area contributed by atoms with Gasteiger partial charge in [0.2, 0.25) is 0 Å². The average Bonchev–Trinajstić information content (AvgIpc) is 2.26. The van der Waals surface area contributed by atoms with Crippen molar-refractivity contribution in [2.24, 2.45) is 0 Å². The van der Waals surface area contributed by atoms with E-state index in [4.69, 9.17) is 5.11 Å². The fourth-order valence-electron chi connectivity index (χ4n) is 1.78. The Morgan fingerprint density at radius 2 is 1.78 bits per heavy atom. The third-order valence-corrected chi connectivity index (χ3v) is 2.92. The molecule has 18 heavy (non-hydrogen) atoms. The molecule has 0 aliphatic heterocycles. The number of carboxylic acid groups (broad SMARTS) is 2. The van der Waals surface area contributed by atoms with Gasteiger partial charge in [0.15, 0.2) is 0 Å². The molecule has 0 aliphatic carbocycles. The zero-order valence-corrected chi connectivity index (χ0v) is 11.0. The Morgan fingerprint density at radius 3 is 2.11 bits per heavy atom. The van der Waals surface area contributed by atoms with Gasteiger partial charge in [0, 0.05) is 6.54 Å². The van der Waals surface area contributed by atoms with Gasteiger partial charge < -0.3 is 10.2 Å². The van der Waals surface area contributed by atoms with Crippen molar-refractivity contribution in [2.45, 2.75) is 52.1 Å². The van der Waals surface area contributed by atoms with Gasteiger partial charge in [-0.05, 0) is 20.3 Å². The molecule has 0 rings (SSSR count). The summed E-state index contributed by atoms with van der Waals surface area (Å²) >= 11 is 0. The lowest BCUT2D eigenvalue weighted by atomic mass is 10.1. The third kappa shape index (κ3) is 5.27. The molecule has 0 radical (unpaired) electrons. The number of carboxylic acids is 2. The van der Waals surface area contributed by atoms with Gasteiger partial charge in [-0.2, -0.15) is 0 Å². The highest BCUT2D eigenvalue weighted by Gasteiger charge is 2.30. The van der Waals surface area contributed by atoms with Gasteiger partial charge >= 0.3 is 11.9 Å². The van der Waals surface area contributed by atoms with Gasteiger partial charge in [0.05, 0.1) is 12.5 Å². The summed E-state index contributed by atoms with van der Waals surface area (Å²) in [5.74, 6) is -2.19. The van der Waals surface area contributed by atoms with E-state index in [1.165, 1.54) is 11.8 Å². The minimum Gasteiger partial charge on any atom is -0.481 e. The predicted octanol–water partition coefficient (Wildman–Crippen LogP) is 0.994. The average molecular weight is 259 g/mol.